The summed E-state index contributed by atoms with van der Waals surface area (Å²) in [7, 11) is 0. The maximum Gasteiger partial charge on any atom is 0.325 e. The molecule has 0 saturated heterocycles. The van der Waals surface area contributed by atoms with Gasteiger partial charge in [0.15, 0.2) is 0 Å². The summed E-state index contributed by atoms with van der Waals surface area (Å²) in [6, 6.07) is 4.98. The molecule has 130 valence electrons. The molecule has 4 N–H and O–H groups in total. The van der Waals surface area contributed by atoms with Gasteiger partial charge in [-0.2, -0.15) is 0 Å². The molecule has 0 fully saturated rings. The van der Waals surface area contributed by atoms with E-state index in [1.165, 1.54) is 24.8 Å². The van der Waals surface area contributed by atoms with Gasteiger partial charge in [-0.25, -0.2) is 24.6 Å². The highest BCUT2D eigenvalue weighted by molar-refractivity contribution is 5.83. The van der Waals surface area contributed by atoms with Gasteiger partial charge in [0.1, 0.15) is 11.4 Å². The van der Waals surface area contributed by atoms with Gasteiger partial charge in [-0.3, -0.25) is 19.6 Å². The van der Waals surface area contributed by atoms with E-state index in [4.69, 9.17) is 0 Å². The largest absolute Gasteiger partial charge is 0.325 e. The van der Waals surface area contributed by atoms with E-state index >= 15 is 0 Å². The van der Waals surface area contributed by atoms with Gasteiger partial charge in [0.2, 0.25) is 0 Å². The van der Waals surface area contributed by atoms with Crippen molar-refractivity contribution >= 4 is 23.8 Å². The van der Waals surface area contributed by atoms with E-state index in [1.807, 2.05) is 0 Å². The third kappa shape index (κ3) is 4.03. The Bertz CT molecular complexity index is 1140. The Balaban J connectivity index is 1.84. The van der Waals surface area contributed by atoms with E-state index < -0.39 is 22.5 Å². The third-order valence-corrected chi connectivity index (χ3v) is 3.06. The molecular weight excluding hydrogens is 342 g/mol. The Morgan fingerprint density at radius 2 is 1.23 bits per heavy atom. The van der Waals surface area contributed by atoms with Gasteiger partial charge in [-0.15, -0.1) is 0 Å². The van der Waals surface area contributed by atoms with Crippen molar-refractivity contribution in [1.82, 2.24) is 24.9 Å². The number of nitrogens with zero attached hydrogens (tertiary/aromatic N) is 3. The first-order valence-electron chi connectivity index (χ1n) is 7.20. The summed E-state index contributed by atoms with van der Waals surface area (Å²) in [6.07, 6.45) is 5.05. The zero-order chi connectivity index (χ0) is 18.5. The first-order chi connectivity index (χ1) is 12.5. The van der Waals surface area contributed by atoms with E-state index in [9.17, 15) is 19.2 Å². The lowest BCUT2D eigenvalue weighted by Gasteiger charge is -1.96. The van der Waals surface area contributed by atoms with E-state index in [1.54, 1.807) is 18.2 Å². The average molecular weight is 353 g/mol. The molecule has 0 aromatic carbocycles. The fourth-order valence-electron chi connectivity index (χ4n) is 1.88. The molecule has 11 heteroatoms. The maximum absolute atomic E-state index is 11.6. The van der Waals surface area contributed by atoms with Crippen LogP contribution >= 0.6 is 0 Å². The maximum atomic E-state index is 11.6. The normalized spacial score (nSPS) is 11.4. The third-order valence-electron chi connectivity index (χ3n) is 3.06. The van der Waals surface area contributed by atoms with Crippen LogP contribution in [0.2, 0.25) is 0 Å². The van der Waals surface area contributed by atoms with Gasteiger partial charge in [0.05, 0.1) is 23.8 Å². The molecule has 3 rings (SSSR count). The highest BCUT2D eigenvalue weighted by Crippen LogP contribution is 2.02. The molecule has 0 spiro atoms. The van der Waals surface area contributed by atoms with Crippen molar-refractivity contribution in [2.24, 2.45) is 9.98 Å². The number of rotatable bonds is 4. The number of hydrogen-bond donors (Lipinski definition) is 4. The van der Waals surface area contributed by atoms with Gasteiger partial charge >= 0.3 is 11.4 Å². The van der Waals surface area contributed by atoms with Crippen LogP contribution in [-0.2, 0) is 0 Å². The van der Waals surface area contributed by atoms with Crippen LogP contribution in [0.25, 0.3) is 0 Å². The lowest BCUT2D eigenvalue weighted by molar-refractivity contribution is 1.03. The number of aliphatic imine (C=N–C) groups is 2. The quantitative estimate of drug-likeness (QED) is 0.455. The summed E-state index contributed by atoms with van der Waals surface area (Å²) in [6.45, 7) is 0. The molecule has 0 bridgehead atoms. The van der Waals surface area contributed by atoms with Gasteiger partial charge in [0.25, 0.3) is 11.1 Å². The van der Waals surface area contributed by atoms with Gasteiger partial charge in [-0.05, 0) is 12.1 Å². The predicted octanol–water partition coefficient (Wildman–Crippen LogP) is -0.664. The van der Waals surface area contributed by atoms with E-state index in [-0.39, 0.29) is 11.4 Å². The number of H-pyrrole nitrogens is 4. The Labute approximate surface area is 143 Å². The minimum atomic E-state index is -0.625. The molecule has 3 aromatic heterocycles. The number of aromatic amines is 4. The second kappa shape index (κ2) is 7.17. The summed E-state index contributed by atoms with van der Waals surface area (Å²) in [5, 5.41) is 0. The molecule has 0 aliphatic carbocycles. The molecule has 11 nitrogen and oxygen atoms in total. The van der Waals surface area contributed by atoms with Gasteiger partial charge in [-0.1, -0.05) is 6.07 Å². The monoisotopic (exact) mass is 353 g/mol. The van der Waals surface area contributed by atoms with Crippen molar-refractivity contribution in [3.05, 3.63) is 83.7 Å². The molecule has 0 saturated carbocycles. The summed E-state index contributed by atoms with van der Waals surface area (Å²) in [5.74, 6) is 0. The molecule has 0 aliphatic rings. The van der Waals surface area contributed by atoms with E-state index in [0.717, 1.165) is 0 Å². The van der Waals surface area contributed by atoms with Crippen LogP contribution < -0.4 is 22.5 Å². The summed E-state index contributed by atoms with van der Waals surface area (Å²) in [5.41, 5.74) is -1.61. The van der Waals surface area contributed by atoms with Crippen molar-refractivity contribution in [3.63, 3.8) is 0 Å². The number of hydrogen-bond acceptors (Lipinski definition) is 7. The highest BCUT2D eigenvalue weighted by Gasteiger charge is 1.99. The molecule has 0 amide bonds. The Morgan fingerprint density at radius 1 is 0.769 bits per heavy atom. The zero-order valence-electron chi connectivity index (χ0n) is 13.0. The number of pyridine rings is 1. The van der Waals surface area contributed by atoms with Crippen molar-refractivity contribution in [2.75, 3.05) is 0 Å². The van der Waals surface area contributed by atoms with Crippen molar-refractivity contribution in [1.29, 1.82) is 0 Å². The lowest BCUT2D eigenvalue weighted by atomic mass is 10.3. The lowest BCUT2D eigenvalue weighted by Crippen LogP contribution is -2.20. The van der Waals surface area contributed by atoms with Gasteiger partial charge < -0.3 is 9.97 Å². The Kier molecular flexibility index (Phi) is 4.60. The molecule has 0 unspecified atom stereocenters. The second-order valence-electron chi connectivity index (χ2n) is 4.92. The minimum Gasteiger partial charge on any atom is -0.312 e. The first kappa shape index (κ1) is 16.7. The topological polar surface area (TPSA) is 169 Å². The van der Waals surface area contributed by atoms with E-state index in [2.05, 4.69) is 34.9 Å². The Morgan fingerprint density at radius 3 is 1.65 bits per heavy atom. The minimum absolute atomic E-state index is 0.0187. The zero-order valence-corrected chi connectivity index (χ0v) is 13.0. The van der Waals surface area contributed by atoms with Crippen LogP contribution in [0.15, 0.2) is 59.8 Å². The van der Waals surface area contributed by atoms with Crippen LogP contribution in [0.4, 0.5) is 11.4 Å². The van der Waals surface area contributed by atoms with Gasteiger partial charge in [0, 0.05) is 12.4 Å². The van der Waals surface area contributed by atoms with E-state index in [0.29, 0.717) is 11.4 Å². The molecule has 26 heavy (non-hydrogen) atoms. The molecule has 0 radical (unpaired) electrons. The van der Waals surface area contributed by atoms with Crippen LogP contribution in [0.1, 0.15) is 11.4 Å². The predicted molar refractivity (Wildman–Crippen MR) is 94.1 cm³/mol. The first-order valence-corrected chi connectivity index (χ1v) is 7.20. The number of nitrogens with one attached hydrogen (secondary N) is 4. The number of aromatic nitrogens is 5. The summed E-state index contributed by atoms with van der Waals surface area (Å²) >= 11 is 0. The molecule has 3 heterocycles. The molecule has 3 aromatic rings. The SMILES string of the molecule is O=c1[nH]cc(N=Cc2cccc(C=Nc3c[nH]c(=O)[nH]c3=O)n2)c(=O)[nH]1. The smallest absolute Gasteiger partial charge is 0.312 e. The molecule has 0 aliphatic heterocycles. The van der Waals surface area contributed by atoms with Crippen LogP contribution in [0.3, 0.4) is 0 Å². The summed E-state index contributed by atoms with van der Waals surface area (Å²) < 4.78 is 0. The van der Waals surface area contributed by atoms with Crippen molar-refractivity contribution in [3.8, 4) is 0 Å². The average Bonchev–Trinajstić information content (AvgIpc) is 2.61. The Hall–Kier alpha value is -4.15. The fraction of sp³-hybridized carbons (Fsp3) is 0. The standard InChI is InChI=1S/C15H11N7O4/c23-12-10(6-18-14(25)21-12)16-4-8-2-1-3-9(20-8)5-17-11-7-19-15(26)22-13(11)24/h1-7H,(H2,18,21,23,25)(H2,19,22,24,26). The van der Waals surface area contributed by atoms with Crippen molar-refractivity contribution < 1.29 is 0 Å². The summed E-state index contributed by atoms with van der Waals surface area (Å²) in [4.78, 5) is 65.9. The van der Waals surface area contributed by atoms with Crippen LogP contribution in [0, 0.1) is 0 Å². The second-order valence-corrected chi connectivity index (χ2v) is 4.92. The molecular formula is C15H11N7O4. The van der Waals surface area contributed by atoms with Crippen molar-refractivity contribution in [2.45, 2.75) is 0 Å². The molecule has 0 atom stereocenters. The highest BCUT2D eigenvalue weighted by atomic mass is 16.2. The fourth-order valence-corrected chi connectivity index (χ4v) is 1.88. The van der Waals surface area contributed by atoms with Crippen LogP contribution in [-0.4, -0.2) is 37.3 Å². The van der Waals surface area contributed by atoms with Crippen LogP contribution in [0.5, 0.6) is 0 Å².